The number of fused-ring (bicyclic) bond motifs is 2. The van der Waals surface area contributed by atoms with Crippen LogP contribution in [-0.2, 0) is 23.1 Å². The quantitative estimate of drug-likeness (QED) is 0.239. The fourth-order valence-electron chi connectivity index (χ4n) is 5.34. The summed E-state index contributed by atoms with van der Waals surface area (Å²) in [5.74, 6) is -0.451. The van der Waals surface area contributed by atoms with Gasteiger partial charge in [0.2, 0.25) is 20.9 Å². The number of β-lactam (4-membered cyclic amide) rings is 1. The molecule has 6 atom stereocenters. The molecule has 7 nitrogen and oxygen atoms in total. The number of nitrogens with zero attached hydrogens (tertiary/aromatic N) is 3. The van der Waals surface area contributed by atoms with Crippen LogP contribution < -0.4 is 9.72 Å². The number of allylic oxidation sites excluding steroid dienone is 1. The molecule has 166 valence electrons. The van der Waals surface area contributed by atoms with Gasteiger partial charge >= 0.3 is 0 Å². The summed E-state index contributed by atoms with van der Waals surface area (Å²) >= 11 is 5.31. The van der Waals surface area contributed by atoms with Gasteiger partial charge in [0, 0.05) is 63.1 Å². The highest BCUT2D eigenvalue weighted by molar-refractivity contribution is 14.1. The van der Waals surface area contributed by atoms with E-state index >= 15 is 0 Å². The van der Waals surface area contributed by atoms with Crippen LogP contribution in [0.15, 0.2) is 28.5 Å². The van der Waals surface area contributed by atoms with E-state index in [0.29, 0.717) is 17.0 Å². The van der Waals surface area contributed by atoms with E-state index in [-0.39, 0.29) is 21.7 Å². The van der Waals surface area contributed by atoms with Crippen molar-refractivity contribution in [2.24, 2.45) is 18.9 Å². The predicted octanol–water partition coefficient (Wildman–Crippen LogP) is 1.86. The number of halogens is 1. The smallest absolute Gasteiger partial charge is 0.249 e. The van der Waals surface area contributed by atoms with Crippen LogP contribution in [0.1, 0.15) is 26.0 Å². The summed E-state index contributed by atoms with van der Waals surface area (Å²) in [5, 5.41) is 16.2. The number of hydrogen-bond donors (Lipinski definition) is 2. The van der Waals surface area contributed by atoms with Crippen molar-refractivity contribution in [1.82, 2.24) is 14.8 Å². The first-order valence-electron chi connectivity index (χ1n) is 10.6. The van der Waals surface area contributed by atoms with Crippen LogP contribution in [0.2, 0.25) is 0 Å². The Labute approximate surface area is 203 Å². The zero-order valence-electron chi connectivity index (χ0n) is 17.6. The lowest BCUT2D eigenvalue weighted by molar-refractivity contribution is -0.508. The van der Waals surface area contributed by atoms with Gasteiger partial charge in [-0.15, -0.1) is 11.8 Å². The lowest BCUT2D eigenvalue weighted by Gasteiger charge is -2.46. The Hall–Kier alpha value is -0.950. The lowest BCUT2D eigenvalue weighted by Crippen LogP contribution is -2.63. The molecule has 10 heteroatoms. The maximum atomic E-state index is 12.6. The van der Waals surface area contributed by atoms with Crippen molar-refractivity contribution in [2.75, 3.05) is 6.54 Å². The van der Waals surface area contributed by atoms with E-state index in [9.17, 15) is 14.7 Å². The van der Waals surface area contributed by atoms with Crippen molar-refractivity contribution in [1.29, 1.82) is 0 Å². The van der Waals surface area contributed by atoms with Crippen LogP contribution in [0, 0.1) is 11.8 Å². The normalized spacial score (nSPS) is 31.5. The molecule has 0 unspecified atom stereocenters. The van der Waals surface area contributed by atoms with E-state index in [1.54, 1.807) is 57.5 Å². The molecule has 3 aliphatic rings. The van der Waals surface area contributed by atoms with Gasteiger partial charge in [-0.1, -0.05) is 18.3 Å². The molecule has 2 saturated heterocycles. The topological polar surface area (TPSA) is 78.7 Å². The van der Waals surface area contributed by atoms with Gasteiger partial charge in [-0.05, 0) is 13.3 Å². The Morgan fingerprint density at radius 1 is 1.52 bits per heavy atom. The number of carbonyl (C=O) groups is 2. The Morgan fingerprint density at radius 3 is 3.00 bits per heavy atom. The van der Waals surface area contributed by atoms with Gasteiger partial charge in [0.05, 0.1) is 25.1 Å². The second kappa shape index (κ2) is 8.12. The van der Waals surface area contributed by atoms with Crippen LogP contribution in [-0.4, -0.2) is 54.3 Å². The summed E-state index contributed by atoms with van der Waals surface area (Å²) < 4.78 is 4.29. The molecule has 5 rings (SSSR count). The SMILES string of the molecule is C[C@@H](O)[C@H]1C(=O)N2C(C(=O)I)=C(S[C@@H]3CN[C@H](Cc4c5scc[n+]5cn4C)C3)[C@H](C)[C@H]12. The number of thioether (sulfide) groups is 1. The van der Waals surface area contributed by atoms with E-state index in [4.69, 9.17) is 0 Å². The Kier molecular flexibility index (Phi) is 5.73. The summed E-state index contributed by atoms with van der Waals surface area (Å²) in [4.78, 5) is 29.0. The average molecular weight is 574 g/mol. The fourth-order valence-corrected chi connectivity index (χ4v) is 8.51. The molecule has 0 spiro atoms. The molecule has 5 heterocycles. The van der Waals surface area contributed by atoms with Gasteiger partial charge in [-0.2, -0.15) is 4.40 Å². The Balaban J connectivity index is 1.31. The number of aliphatic hydroxyl groups is 1. The molecule has 0 radical (unpaired) electrons. The van der Waals surface area contributed by atoms with Crippen molar-refractivity contribution in [2.45, 2.75) is 50.1 Å². The van der Waals surface area contributed by atoms with Crippen molar-refractivity contribution in [3.05, 3.63) is 34.2 Å². The highest BCUT2D eigenvalue weighted by Crippen LogP contribution is 2.52. The van der Waals surface area contributed by atoms with Crippen LogP contribution in [0.5, 0.6) is 0 Å². The van der Waals surface area contributed by atoms with E-state index in [1.165, 1.54) is 10.5 Å². The van der Waals surface area contributed by atoms with Crippen molar-refractivity contribution in [3.8, 4) is 0 Å². The number of carbonyl (C=O) groups excluding carboxylic acids is 2. The summed E-state index contributed by atoms with van der Waals surface area (Å²) in [6.45, 7) is 4.64. The van der Waals surface area contributed by atoms with Crippen LogP contribution >= 0.6 is 45.7 Å². The molecule has 1 amide bonds. The average Bonchev–Trinajstić information content (AvgIpc) is 3.43. The highest BCUT2D eigenvalue weighted by Gasteiger charge is 2.59. The zero-order valence-corrected chi connectivity index (χ0v) is 21.4. The summed E-state index contributed by atoms with van der Waals surface area (Å²) in [6, 6.07) is 0.290. The maximum Gasteiger partial charge on any atom is 0.249 e. The van der Waals surface area contributed by atoms with Crippen molar-refractivity contribution in [3.63, 3.8) is 0 Å². The van der Waals surface area contributed by atoms with E-state index in [0.717, 1.165) is 24.3 Å². The number of aryl methyl sites for hydroxylation is 1. The number of aromatic nitrogens is 2. The third-order valence-electron chi connectivity index (χ3n) is 6.82. The highest BCUT2D eigenvalue weighted by atomic mass is 127. The first kappa shape index (κ1) is 21.9. The molecule has 2 aromatic heterocycles. The molecule has 2 N–H and O–H groups in total. The van der Waals surface area contributed by atoms with Crippen LogP contribution in [0.3, 0.4) is 0 Å². The standard InChI is InChI=1S/C21H26IN4O3S2/c1-10-16-15(11(2)27)20(29)26(16)17(19(22)28)18(10)31-13-6-12(23-8-13)7-14-21-25(4-5-30-21)9-24(14)3/h4-5,9-13,15-16,23,27H,6-8H2,1-3H3/q+1/t10-,11-,12+,13+,15-,16-/m1/s1. The molecule has 31 heavy (non-hydrogen) atoms. The molecule has 3 aliphatic heterocycles. The van der Waals surface area contributed by atoms with Gasteiger partial charge in [-0.3, -0.25) is 9.59 Å². The zero-order chi connectivity index (χ0) is 22.0. The third-order valence-corrected chi connectivity index (χ3v) is 9.77. The monoisotopic (exact) mass is 573 g/mol. The summed E-state index contributed by atoms with van der Waals surface area (Å²) in [5.41, 5.74) is 1.89. The van der Waals surface area contributed by atoms with Crippen LogP contribution in [0.4, 0.5) is 0 Å². The molecule has 2 fully saturated rings. The second-order valence-electron chi connectivity index (χ2n) is 8.81. The summed E-state index contributed by atoms with van der Waals surface area (Å²) in [6.07, 6.45) is 5.50. The number of amides is 1. The number of hydrogen-bond acceptors (Lipinski definition) is 6. The molecule has 0 bridgehead atoms. The van der Waals surface area contributed by atoms with Crippen molar-refractivity contribution >= 4 is 60.2 Å². The third kappa shape index (κ3) is 3.49. The van der Waals surface area contributed by atoms with E-state index in [2.05, 4.69) is 46.2 Å². The van der Waals surface area contributed by atoms with Crippen LogP contribution in [0.25, 0.3) is 4.83 Å². The number of nitrogens with one attached hydrogen (secondary N) is 1. The Bertz CT molecular complexity index is 1090. The minimum absolute atomic E-state index is 0.0742. The number of aliphatic hydroxyl groups excluding tert-OH is 1. The van der Waals surface area contributed by atoms with Gasteiger partial charge in [-0.25, -0.2) is 4.57 Å². The summed E-state index contributed by atoms with van der Waals surface area (Å²) in [7, 11) is 2.10. The van der Waals surface area contributed by atoms with Gasteiger partial charge < -0.3 is 15.3 Å². The van der Waals surface area contributed by atoms with Gasteiger partial charge in [0.1, 0.15) is 11.9 Å². The van der Waals surface area contributed by atoms with E-state index < -0.39 is 12.0 Å². The maximum absolute atomic E-state index is 12.6. The molecule has 0 saturated carbocycles. The van der Waals surface area contributed by atoms with E-state index in [1.807, 2.05) is 0 Å². The predicted molar refractivity (Wildman–Crippen MR) is 129 cm³/mol. The number of rotatable bonds is 6. The van der Waals surface area contributed by atoms with Crippen molar-refractivity contribution < 1.29 is 19.1 Å². The fraction of sp³-hybridized carbons (Fsp3) is 0.571. The Morgan fingerprint density at radius 2 is 2.29 bits per heavy atom. The molecular formula is C21H26IN4O3S2+. The molecule has 2 aromatic rings. The molecule has 0 aliphatic carbocycles. The first-order chi connectivity index (χ1) is 14.8. The molecular weight excluding hydrogens is 547 g/mol. The van der Waals surface area contributed by atoms with Gasteiger partial charge in [0.15, 0.2) is 5.69 Å². The largest absolute Gasteiger partial charge is 0.393 e. The minimum atomic E-state index is -0.694. The first-order valence-corrected chi connectivity index (χ1v) is 13.4. The lowest BCUT2D eigenvalue weighted by atomic mass is 9.79. The molecule has 0 aromatic carbocycles. The number of thiazole rings is 1. The second-order valence-corrected chi connectivity index (χ2v) is 12.0. The minimum Gasteiger partial charge on any atom is -0.393 e. The van der Waals surface area contributed by atoms with Gasteiger partial charge in [0.25, 0.3) is 0 Å². The number of imidazole rings is 1.